The molecule has 3 N–H and O–H groups in total. The van der Waals surface area contributed by atoms with Gasteiger partial charge in [0, 0.05) is 18.1 Å². The van der Waals surface area contributed by atoms with Crippen LogP contribution in [0.3, 0.4) is 0 Å². The number of benzene rings is 1. The molecular formula is C10H13NO4. The van der Waals surface area contributed by atoms with Crippen LogP contribution >= 0.6 is 0 Å². The van der Waals surface area contributed by atoms with Gasteiger partial charge in [-0.25, -0.2) is 5.90 Å². The molecule has 5 nitrogen and oxygen atoms in total. The highest BCUT2D eigenvalue weighted by atomic mass is 16.6. The third kappa shape index (κ3) is 2.14. The lowest BCUT2D eigenvalue weighted by Gasteiger charge is -2.21. The minimum atomic E-state index is 0.159. The van der Waals surface area contributed by atoms with Crippen LogP contribution in [0.5, 0.6) is 17.2 Å². The number of hydrogen-bond acceptors (Lipinski definition) is 5. The number of aromatic hydroxyl groups is 1. The second-order valence-electron chi connectivity index (χ2n) is 3.25. The molecule has 0 unspecified atom stereocenters. The van der Waals surface area contributed by atoms with Crippen molar-refractivity contribution in [2.24, 2.45) is 5.90 Å². The Labute approximate surface area is 87.3 Å². The van der Waals surface area contributed by atoms with E-state index in [1.165, 1.54) is 0 Å². The lowest BCUT2D eigenvalue weighted by atomic mass is 10.1. The van der Waals surface area contributed by atoms with E-state index in [-0.39, 0.29) is 5.75 Å². The summed E-state index contributed by atoms with van der Waals surface area (Å²) in [4.78, 5) is 4.50. The molecule has 0 aliphatic carbocycles. The van der Waals surface area contributed by atoms with Gasteiger partial charge in [0.25, 0.3) is 0 Å². The van der Waals surface area contributed by atoms with E-state index < -0.39 is 0 Å². The van der Waals surface area contributed by atoms with Crippen LogP contribution in [0.15, 0.2) is 12.1 Å². The Morgan fingerprint density at radius 2 is 2.13 bits per heavy atom. The zero-order valence-electron chi connectivity index (χ0n) is 8.23. The molecule has 0 fully saturated rings. The predicted molar refractivity (Wildman–Crippen MR) is 52.9 cm³/mol. The number of nitrogens with two attached hydrogens (primary N) is 1. The van der Waals surface area contributed by atoms with Crippen LogP contribution in [0.4, 0.5) is 0 Å². The first-order valence-corrected chi connectivity index (χ1v) is 4.74. The lowest BCUT2D eigenvalue weighted by molar-refractivity contribution is 0.137. The Morgan fingerprint density at radius 1 is 1.33 bits per heavy atom. The van der Waals surface area contributed by atoms with Crippen molar-refractivity contribution in [3.63, 3.8) is 0 Å². The molecule has 82 valence electrons. The number of phenolic OH excluding ortho intramolecular Hbond substituents is 1. The van der Waals surface area contributed by atoms with Gasteiger partial charge in [0.15, 0.2) is 11.5 Å². The van der Waals surface area contributed by atoms with E-state index in [4.69, 9.17) is 15.4 Å². The molecule has 0 radical (unpaired) electrons. The first-order chi connectivity index (χ1) is 7.31. The van der Waals surface area contributed by atoms with Gasteiger partial charge in [-0.15, -0.1) is 0 Å². The largest absolute Gasteiger partial charge is 0.508 e. The van der Waals surface area contributed by atoms with E-state index in [9.17, 15) is 5.11 Å². The SMILES string of the molecule is NOCCc1cc(O)cc2c1OCCO2. The van der Waals surface area contributed by atoms with E-state index >= 15 is 0 Å². The Morgan fingerprint density at radius 3 is 2.93 bits per heavy atom. The second-order valence-corrected chi connectivity index (χ2v) is 3.25. The minimum absolute atomic E-state index is 0.159. The van der Waals surface area contributed by atoms with Crippen LogP contribution < -0.4 is 15.4 Å². The van der Waals surface area contributed by atoms with Crippen LogP contribution in [-0.4, -0.2) is 24.9 Å². The molecule has 1 aromatic carbocycles. The Kier molecular flexibility index (Phi) is 2.94. The number of hydrogen-bond donors (Lipinski definition) is 2. The van der Waals surface area contributed by atoms with Crippen LogP contribution in [0.2, 0.25) is 0 Å². The lowest BCUT2D eigenvalue weighted by Crippen LogP contribution is -2.17. The third-order valence-electron chi connectivity index (χ3n) is 2.19. The maximum Gasteiger partial charge on any atom is 0.165 e. The highest BCUT2D eigenvalue weighted by molar-refractivity contribution is 5.52. The van der Waals surface area contributed by atoms with E-state index in [1.807, 2.05) is 0 Å². The van der Waals surface area contributed by atoms with Gasteiger partial charge in [-0.1, -0.05) is 0 Å². The molecule has 0 bridgehead atoms. The normalized spacial score (nSPS) is 13.9. The average molecular weight is 211 g/mol. The molecule has 1 aliphatic heterocycles. The fourth-order valence-corrected chi connectivity index (χ4v) is 1.56. The number of rotatable bonds is 3. The zero-order valence-corrected chi connectivity index (χ0v) is 8.23. The van der Waals surface area contributed by atoms with Gasteiger partial charge in [0.05, 0.1) is 6.61 Å². The van der Waals surface area contributed by atoms with Gasteiger partial charge in [-0.2, -0.15) is 0 Å². The quantitative estimate of drug-likeness (QED) is 0.716. The van der Waals surface area contributed by atoms with E-state index in [0.717, 1.165) is 5.56 Å². The fraction of sp³-hybridized carbons (Fsp3) is 0.400. The maximum atomic E-state index is 9.46. The molecule has 0 atom stereocenters. The summed E-state index contributed by atoms with van der Waals surface area (Å²) in [5.74, 6) is 6.37. The third-order valence-corrected chi connectivity index (χ3v) is 2.19. The molecule has 0 saturated heterocycles. The molecular weight excluding hydrogens is 198 g/mol. The van der Waals surface area contributed by atoms with E-state index in [2.05, 4.69) is 4.84 Å². The van der Waals surface area contributed by atoms with Crippen molar-refractivity contribution in [2.75, 3.05) is 19.8 Å². The maximum absolute atomic E-state index is 9.46. The van der Waals surface area contributed by atoms with Crippen molar-refractivity contribution in [2.45, 2.75) is 6.42 Å². The predicted octanol–water partition coefficient (Wildman–Crippen LogP) is 0.596. The molecule has 0 aromatic heterocycles. The molecule has 2 rings (SSSR count). The van der Waals surface area contributed by atoms with Crippen LogP contribution in [0.25, 0.3) is 0 Å². The molecule has 1 aromatic rings. The average Bonchev–Trinajstić information content (AvgIpc) is 2.25. The molecule has 0 amide bonds. The number of phenols is 1. The highest BCUT2D eigenvalue weighted by Crippen LogP contribution is 2.37. The standard InChI is InChI=1S/C10H13NO4/c11-15-2-1-7-5-8(12)6-9-10(7)14-4-3-13-9/h5-6,12H,1-4,11H2. The molecule has 0 spiro atoms. The van der Waals surface area contributed by atoms with Crippen LogP contribution in [0.1, 0.15) is 5.56 Å². The molecule has 1 aliphatic rings. The summed E-state index contributed by atoms with van der Waals surface area (Å²) in [6.45, 7) is 1.40. The Hall–Kier alpha value is -1.46. The van der Waals surface area contributed by atoms with Gasteiger partial charge in [0.2, 0.25) is 0 Å². The molecule has 0 saturated carbocycles. The summed E-state index contributed by atoms with van der Waals surface area (Å²) >= 11 is 0. The summed E-state index contributed by atoms with van der Waals surface area (Å²) in [7, 11) is 0. The summed E-state index contributed by atoms with van der Waals surface area (Å²) in [5.41, 5.74) is 0.843. The molecule has 1 heterocycles. The monoisotopic (exact) mass is 211 g/mol. The van der Waals surface area contributed by atoms with Gasteiger partial charge in [0.1, 0.15) is 19.0 Å². The summed E-state index contributed by atoms with van der Waals surface area (Å²) in [6, 6.07) is 3.17. The first-order valence-electron chi connectivity index (χ1n) is 4.74. The fourth-order valence-electron chi connectivity index (χ4n) is 1.56. The van der Waals surface area contributed by atoms with Crippen molar-refractivity contribution >= 4 is 0 Å². The van der Waals surface area contributed by atoms with Gasteiger partial charge < -0.3 is 19.4 Å². The summed E-state index contributed by atoms with van der Waals surface area (Å²) in [6.07, 6.45) is 0.580. The van der Waals surface area contributed by atoms with Crippen LogP contribution in [-0.2, 0) is 11.3 Å². The smallest absolute Gasteiger partial charge is 0.165 e. The topological polar surface area (TPSA) is 73.9 Å². The Bertz CT molecular complexity index is 354. The first kappa shape index (κ1) is 10.1. The van der Waals surface area contributed by atoms with Crippen molar-refractivity contribution < 1.29 is 19.4 Å². The van der Waals surface area contributed by atoms with E-state index in [1.54, 1.807) is 12.1 Å². The number of ether oxygens (including phenoxy) is 2. The number of fused-ring (bicyclic) bond motifs is 1. The highest BCUT2D eigenvalue weighted by Gasteiger charge is 2.17. The van der Waals surface area contributed by atoms with Gasteiger partial charge >= 0.3 is 0 Å². The Balaban J connectivity index is 2.30. The zero-order chi connectivity index (χ0) is 10.7. The summed E-state index contributed by atoms with van der Waals surface area (Å²) in [5, 5.41) is 9.46. The van der Waals surface area contributed by atoms with Crippen molar-refractivity contribution in [3.05, 3.63) is 17.7 Å². The van der Waals surface area contributed by atoms with Crippen molar-refractivity contribution in [1.29, 1.82) is 0 Å². The van der Waals surface area contributed by atoms with Crippen molar-refractivity contribution in [1.82, 2.24) is 0 Å². The van der Waals surface area contributed by atoms with Gasteiger partial charge in [-0.05, 0) is 6.07 Å². The summed E-state index contributed by atoms with van der Waals surface area (Å²) < 4.78 is 10.8. The van der Waals surface area contributed by atoms with Gasteiger partial charge in [-0.3, -0.25) is 0 Å². The van der Waals surface area contributed by atoms with Crippen LogP contribution in [0, 0.1) is 0 Å². The van der Waals surface area contributed by atoms with E-state index in [0.29, 0.717) is 37.7 Å². The molecule has 5 heteroatoms. The minimum Gasteiger partial charge on any atom is -0.508 e. The molecule has 15 heavy (non-hydrogen) atoms. The van der Waals surface area contributed by atoms with Crippen molar-refractivity contribution in [3.8, 4) is 17.2 Å². The second kappa shape index (κ2) is 4.37.